The summed E-state index contributed by atoms with van der Waals surface area (Å²) in [6.45, 7) is 8.17. The van der Waals surface area contributed by atoms with E-state index in [9.17, 15) is 4.79 Å². The molecular formula is C28H33ClN4O2. The molecule has 0 spiro atoms. The number of hydrogen-bond acceptors (Lipinski definition) is 4. The highest BCUT2D eigenvalue weighted by Crippen LogP contribution is 2.23. The van der Waals surface area contributed by atoms with Crippen molar-refractivity contribution in [3.63, 3.8) is 0 Å². The number of carbonyl (C=O) groups is 1. The third-order valence-corrected chi connectivity index (χ3v) is 6.06. The molecule has 1 aromatic heterocycles. The van der Waals surface area contributed by atoms with Crippen molar-refractivity contribution < 1.29 is 9.53 Å². The van der Waals surface area contributed by atoms with E-state index in [1.165, 1.54) is 5.69 Å². The second-order valence-corrected chi connectivity index (χ2v) is 10.4. The number of aromatic nitrogens is 2. The summed E-state index contributed by atoms with van der Waals surface area (Å²) in [7, 11) is 0. The molecule has 1 saturated heterocycles. The number of benzene rings is 2. The van der Waals surface area contributed by atoms with Gasteiger partial charge in [0.05, 0.1) is 6.33 Å². The van der Waals surface area contributed by atoms with Gasteiger partial charge in [0.15, 0.2) is 0 Å². The maximum absolute atomic E-state index is 12.0. The molecule has 184 valence electrons. The summed E-state index contributed by atoms with van der Waals surface area (Å²) in [6, 6.07) is 14.8. The fraction of sp³-hybridized carbons (Fsp3) is 0.357. The zero-order valence-electron chi connectivity index (χ0n) is 20.6. The quantitative estimate of drug-likeness (QED) is 0.413. The summed E-state index contributed by atoms with van der Waals surface area (Å²) in [4.78, 5) is 18.5. The van der Waals surface area contributed by atoms with E-state index >= 15 is 0 Å². The van der Waals surface area contributed by atoms with Crippen molar-refractivity contribution in [3.8, 4) is 0 Å². The molecule has 1 amide bonds. The summed E-state index contributed by atoms with van der Waals surface area (Å²) in [5.74, 6) is 0. The molecule has 35 heavy (non-hydrogen) atoms. The summed E-state index contributed by atoms with van der Waals surface area (Å²) >= 11 is 6.35. The number of imidazole rings is 1. The second-order valence-electron chi connectivity index (χ2n) is 9.96. The number of hydrogen-bond donors (Lipinski definition) is 1. The first-order valence-electron chi connectivity index (χ1n) is 12.0. The average Bonchev–Trinajstić information content (AvgIpc) is 3.30. The largest absolute Gasteiger partial charge is 0.444 e. The van der Waals surface area contributed by atoms with Crippen molar-refractivity contribution in [2.75, 3.05) is 18.0 Å². The molecule has 2 heterocycles. The van der Waals surface area contributed by atoms with Crippen LogP contribution in [0.1, 0.15) is 50.3 Å². The first-order valence-corrected chi connectivity index (χ1v) is 12.4. The highest BCUT2D eigenvalue weighted by Gasteiger charge is 2.23. The zero-order chi connectivity index (χ0) is 24.8. The van der Waals surface area contributed by atoms with Gasteiger partial charge in [-0.1, -0.05) is 35.9 Å². The highest BCUT2D eigenvalue weighted by molar-refractivity contribution is 6.30. The average molecular weight is 493 g/mol. The van der Waals surface area contributed by atoms with Gasteiger partial charge in [-0.2, -0.15) is 0 Å². The summed E-state index contributed by atoms with van der Waals surface area (Å²) in [6.07, 6.45) is 11.2. The number of carbonyl (C=O) groups excluding carboxylic acids is 1. The Morgan fingerprint density at radius 1 is 1.11 bits per heavy atom. The molecule has 1 fully saturated rings. The van der Waals surface area contributed by atoms with Gasteiger partial charge in [0.2, 0.25) is 0 Å². The predicted octanol–water partition coefficient (Wildman–Crippen LogP) is 6.25. The Morgan fingerprint density at radius 2 is 1.83 bits per heavy atom. The number of alkyl carbamates (subject to hydrolysis) is 1. The topological polar surface area (TPSA) is 59.4 Å². The summed E-state index contributed by atoms with van der Waals surface area (Å²) in [5, 5.41) is 3.72. The maximum Gasteiger partial charge on any atom is 0.407 e. The van der Waals surface area contributed by atoms with Crippen LogP contribution in [0.3, 0.4) is 0 Å². The fourth-order valence-corrected chi connectivity index (χ4v) is 4.47. The molecule has 2 aromatic carbocycles. The van der Waals surface area contributed by atoms with Gasteiger partial charge in [-0.05, 0) is 80.6 Å². The van der Waals surface area contributed by atoms with E-state index in [1.54, 1.807) is 12.5 Å². The van der Waals surface area contributed by atoms with Crippen molar-refractivity contribution in [1.82, 2.24) is 14.9 Å². The van der Waals surface area contributed by atoms with Crippen molar-refractivity contribution >= 4 is 35.5 Å². The van der Waals surface area contributed by atoms with Crippen molar-refractivity contribution in [1.29, 1.82) is 0 Å². The molecule has 0 radical (unpaired) electrons. The Hall–Kier alpha value is -3.25. The number of ether oxygens (including phenoxy) is 1. The molecule has 0 aliphatic carbocycles. The molecule has 4 rings (SSSR count). The number of piperidine rings is 1. The van der Waals surface area contributed by atoms with Crippen molar-refractivity contribution in [3.05, 3.63) is 82.9 Å². The van der Waals surface area contributed by atoms with Crippen LogP contribution in [-0.4, -0.2) is 40.4 Å². The van der Waals surface area contributed by atoms with E-state index in [0.29, 0.717) is 0 Å². The number of amides is 1. The van der Waals surface area contributed by atoms with Gasteiger partial charge in [-0.25, -0.2) is 9.78 Å². The Kier molecular flexibility index (Phi) is 7.81. The van der Waals surface area contributed by atoms with Gasteiger partial charge in [-0.15, -0.1) is 0 Å². The molecule has 1 aliphatic rings. The van der Waals surface area contributed by atoms with Crippen LogP contribution in [0.15, 0.2) is 61.2 Å². The van der Waals surface area contributed by atoms with E-state index in [0.717, 1.165) is 54.2 Å². The maximum atomic E-state index is 12.0. The fourth-order valence-electron chi connectivity index (χ4n) is 4.20. The van der Waals surface area contributed by atoms with E-state index < -0.39 is 5.60 Å². The van der Waals surface area contributed by atoms with Crippen LogP contribution in [-0.2, 0) is 11.3 Å². The zero-order valence-corrected chi connectivity index (χ0v) is 21.3. The molecular weight excluding hydrogens is 460 g/mol. The Bertz CT molecular complexity index is 1140. The van der Waals surface area contributed by atoms with Crippen LogP contribution < -0.4 is 10.2 Å². The van der Waals surface area contributed by atoms with E-state index in [1.807, 2.05) is 43.7 Å². The molecule has 6 nitrogen and oxygen atoms in total. The lowest BCUT2D eigenvalue weighted by atomic mass is 10.0. The number of nitrogens with one attached hydrogen (secondary N) is 1. The predicted molar refractivity (Wildman–Crippen MR) is 143 cm³/mol. The molecule has 1 N–H and O–H groups in total. The molecule has 0 saturated carbocycles. The second kappa shape index (κ2) is 11.0. The molecule has 0 atom stereocenters. The van der Waals surface area contributed by atoms with Gasteiger partial charge in [0.25, 0.3) is 0 Å². The van der Waals surface area contributed by atoms with E-state index in [2.05, 4.69) is 57.7 Å². The highest BCUT2D eigenvalue weighted by atomic mass is 35.5. The first-order chi connectivity index (χ1) is 16.7. The standard InChI is InChI=1S/C28H33ClN4O2/c1-28(2,3)35-27(34)31-25-10-13-33(14-11-25)26-8-6-21(7-9-26)4-5-22-16-23(18-24(29)17-22)19-32-15-12-30-20-32/h4-9,12,15-18,20,25H,10-11,13-14,19H2,1-3H3,(H,31,34). The van der Waals surface area contributed by atoms with Crippen LogP contribution >= 0.6 is 11.6 Å². The lowest BCUT2D eigenvalue weighted by molar-refractivity contribution is 0.0497. The van der Waals surface area contributed by atoms with Crippen LogP contribution in [0.2, 0.25) is 5.02 Å². The van der Waals surface area contributed by atoms with E-state index in [4.69, 9.17) is 16.3 Å². The normalized spacial score (nSPS) is 14.9. The minimum atomic E-state index is -0.476. The van der Waals surface area contributed by atoms with Crippen molar-refractivity contribution in [2.24, 2.45) is 0 Å². The number of rotatable bonds is 6. The number of nitrogens with zero attached hydrogens (tertiary/aromatic N) is 3. The minimum Gasteiger partial charge on any atom is -0.444 e. The Labute approximate surface area is 212 Å². The lowest BCUT2D eigenvalue weighted by Crippen LogP contribution is -2.46. The lowest BCUT2D eigenvalue weighted by Gasteiger charge is -2.34. The van der Waals surface area contributed by atoms with Gasteiger partial charge in [0, 0.05) is 48.8 Å². The molecule has 0 bridgehead atoms. The third-order valence-electron chi connectivity index (χ3n) is 5.85. The monoisotopic (exact) mass is 492 g/mol. The summed E-state index contributed by atoms with van der Waals surface area (Å²) < 4.78 is 7.40. The van der Waals surface area contributed by atoms with Gasteiger partial charge < -0.3 is 19.5 Å². The molecule has 3 aromatic rings. The van der Waals surface area contributed by atoms with Gasteiger partial charge in [-0.3, -0.25) is 0 Å². The van der Waals surface area contributed by atoms with Crippen molar-refractivity contribution in [2.45, 2.75) is 51.8 Å². The molecule has 0 unspecified atom stereocenters. The van der Waals surface area contributed by atoms with Gasteiger partial charge >= 0.3 is 6.09 Å². The Morgan fingerprint density at radius 3 is 2.49 bits per heavy atom. The van der Waals surface area contributed by atoms with Gasteiger partial charge in [0.1, 0.15) is 5.60 Å². The van der Waals surface area contributed by atoms with Crippen LogP contribution in [0, 0.1) is 0 Å². The molecule has 7 heteroatoms. The minimum absolute atomic E-state index is 0.152. The first kappa shape index (κ1) is 24.9. The van der Waals surface area contributed by atoms with Crippen LogP contribution in [0.5, 0.6) is 0 Å². The SMILES string of the molecule is CC(C)(C)OC(=O)NC1CCN(c2ccc(C=Cc3cc(Cl)cc(Cn4ccnc4)c3)cc2)CC1. The number of anilines is 1. The van der Waals surface area contributed by atoms with E-state index in [-0.39, 0.29) is 12.1 Å². The molecule has 1 aliphatic heterocycles. The Balaban J connectivity index is 1.31. The number of halogens is 1. The smallest absolute Gasteiger partial charge is 0.407 e. The van der Waals surface area contributed by atoms with Crippen LogP contribution in [0.25, 0.3) is 12.2 Å². The summed E-state index contributed by atoms with van der Waals surface area (Å²) in [5.41, 5.74) is 4.05. The van der Waals surface area contributed by atoms with Crippen LogP contribution in [0.4, 0.5) is 10.5 Å². The third kappa shape index (κ3) is 7.62.